The summed E-state index contributed by atoms with van der Waals surface area (Å²) < 4.78 is 5.92. The van der Waals surface area contributed by atoms with E-state index in [-0.39, 0.29) is 42.2 Å². The molecule has 3 atom stereocenters. The predicted octanol–water partition coefficient (Wildman–Crippen LogP) is 0.421. The van der Waals surface area contributed by atoms with Crippen LogP contribution in [-0.2, 0) is 9.53 Å². The van der Waals surface area contributed by atoms with E-state index in [1.54, 1.807) is 0 Å². The van der Waals surface area contributed by atoms with Gasteiger partial charge in [0.1, 0.15) is 11.8 Å². The number of hydrogen-bond donors (Lipinski definition) is 3. The zero-order valence-electron chi connectivity index (χ0n) is 14.8. The molecule has 1 saturated heterocycles. The van der Waals surface area contributed by atoms with Crippen LogP contribution in [0.4, 0.5) is 0 Å². The maximum Gasteiger partial charge on any atom is 0.271 e. The Balaban J connectivity index is 1.40. The van der Waals surface area contributed by atoms with Gasteiger partial charge >= 0.3 is 0 Å². The lowest BCUT2D eigenvalue weighted by molar-refractivity contribution is -0.134. The predicted molar refractivity (Wildman–Crippen MR) is 93.2 cm³/mol. The summed E-state index contributed by atoms with van der Waals surface area (Å²) >= 11 is 0. The Morgan fingerprint density at radius 3 is 2.73 bits per heavy atom. The average Bonchev–Trinajstić information content (AvgIpc) is 2.62. The quantitative estimate of drug-likeness (QED) is 0.648. The number of aliphatic hydroxyl groups is 1. The number of nitrogens with zero attached hydrogens (tertiary/aromatic N) is 2. The molecule has 2 aliphatic rings. The molecule has 2 fully saturated rings. The highest BCUT2D eigenvalue weighted by Gasteiger charge is 2.34. The van der Waals surface area contributed by atoms with Crippen molar-refractivity contribution < 1.29 is 19.4 Å². The second-order valence-electron chi connectivity index (χ2n) is 6.93. The normalized spacial score (nSPS) is 26.0. The first-order valence-electron chi connectivity index (χ1n) is 9.28. The van der Waals surface area contributed by atoms with Crippen molar-refractivity contribution in [1.29, 1.82) is 0 Å². The molecule has 1 aromatic rings. The lowest BCUT2D eigenvalue weighted by atomic mass is 9.84. The molecule has 8 nitrogen and oxygen atoms in total. The summed E-state index contributed by atoms with van der Waals surface area (Å²) in [4.78, 5) is 31.9. The van der Waals surface area contributed by atoms with E-state index >= 15 is 0 Å². The number of rotatable bonds is 7. The van der Waals surface area contributed by atoms with Gasteiger partial charge in [0, 0.05) is 24.9 Å². The van der Waals surface area contributed by atoms with Gasteiger partial charge in [-0.2, -0.15) is 0 Å². The monoisotopic (exact) mass is 362 g/mol. The molecule has 2 heterocycles. The van der Waals surface area contributed by atoms with Gasteiger partial charge in [-0.1, -0.05) is 6.42 Å². The third kappa shape index (κ3) is 4.76. The molecule has 2 amide bonds. The maximum absolute atomic E-state index is 12.1. The van der Waals surface area contributed by atoms with Gasteiger partial charge in [0.15, 0.2) is 0 Å². The summed E-state index contributed by atoms with van der Waals surface area (Å²) in [6.07, 6.45) is 9.19. The minimum absolute atomic E-state index is 0.0498. The topological polar surface area (TPSA) is 113 Å². The zero-order chi connectivity index (χ0) is 18.4. The van der Waals surface area contributed by atoms with Crippen LogP contribution in [0, 0.1) is 5.92 Å². The molecule has 0 bridgehead atoms. The molecular formula is C18H26N4O4. The van der Waals surface area contributed by atoms with Gasteiger partial charge in [-0.15, -0.1) is 0 Å². The van der Waals surface area contributed by atoms with Crippen molar-refractivity contribution in [2.45, 2.75) is 56.8 Å². The van der Waals surface area contributed by atoms with E-state index in [0.717, 1.165) is 32.1 Å². The molecule has 1 aliphatic carbocycles. The zero-order valence-corrected chi connectivity index (χ0v) is 14.8. The van der Waals surface area contributed by atoms with Crippen LogP contribution in [0.2, 0.25) is 0 Å². The van der Waals surface area contributed by atoms with E-state index in [1.807, 2.05) is 0 Å². The molecule has 0 radical (unpaired) electrons. The standard InChI is InChI=1S/C18H26N4O4/c23-11-16-14(22-17(24)12-2-1-3-12)5-4-13(26-16)6-7-21-18(25)15-10-19-8-9-20-15/h8-10,12-14,16,23H,1-7,11H2,(H,21,25)(H,22,24)/t13-,14+,16-/m0/s1. The van der Waals surface area contributed by atoms with Crippen LogP contribution in [0.25, 0.3) is 0 Å². The van der Waals surface area contributed by atoms with Gasteiger partial charge in [0.2, 0.25) is 5.91 Å². The summed E-state index contributed by atoms with van der Waals surface area (Å²) in [5, 5.41) is 15.4. The van der Waals surface area contributed by atoms with Crippen LogP contribution < -0.4 is 10.6 Å². The van der Waals surface area contributed by atoms with Gasteiger partial charge in [0.05, 0.1) is 24.9 Å². The third-order valence-electron chi connectivity index (χ3n) is 5.15. The Kier molecular flexibility index (Phi) is 6.51. The molecule has 0 spiro atoms. The van der Waals surface area contributed by atoms with Crippen molar-refractivity contribution in [3.8, 4) is 0 Å². The first-order valence-corrected chi connectivity index (χ1v) is 9.28. The largest absolute Gasteiger partial charge is 0.394 e. The van der Waals surface area contributed by atoms with E-state index < -0.39 is 6.10 Å². The Labute approximate surface area is 152 Å². The van der Waals surface area contributed by atoms with Gasteiger partial charge in [-0.25, -0.2) is 4.98 Å². The van der Waals surface area contributed by atoms with Crippen LogP contribution >= 0.6 is 0 Å². The van der Waals surface area contributed by atoms with Crippen LogP contribution in [-0.4, -0.2) is 58.3 Å². The minimum atomic E-state index is -0.395. The molecule has 3 N–H and O–H groups in total. The molecule has 0 unspecified atom stereocenters. The van der Waals surface area contributed by atoms with Crippen LogP contribution in [0.3, 0.4) is 0 Å². The third-order valence-corrected chi connectivity index (χ3v) is 5.15. The van der Waals surface area contributed by atoms with Gasteiger partial charge in [0.25, 0.3) is 5.91 Å². The number of carbonyl (C=O) groups excluding carboxylic acids is 2. The minimum Gasteiger partial charge on any atom is -0.394 e. The number of aliphatic hydroxyl groups excluding tert-OH is 1. The van der Waals surface area contributed by atoms with Crippen molar-refractivity contribution in [3.63, 3.8) is 0 Å². The molecule has 3 rings (SSSR count). The number of carbonyl (C=O) groups is 2. The van der Waals surface area contributed by atoms with Crippen molar-refractivity contribution in [3.05, 3.63) is 24.3 Å². The lowest BCUT2D eigenvalue weighted by Gasteiger charge is -2.37. The van der Waals surface area contributed by atoms with Gasteiger partial charge in [-0.05, 0) is 32.1 Å². The van der Waals surface area contributed by atoms with Gasteiger partial charge in [-0.3, -0.25) is 14.6 Å². The summed E-state index contributed by atoms with van der Waals surface area (Å²) in [5.74, 6) is -0.0559. The van der Waals surface area contributed by atoms with Gasteiger partial charge < -0.3 is 20.5 Å². The second kappa shape index (κ2) is 9.05. The second-order valence-corrected chi connectivity index (χ2v) is 6.93. The highest BCUT2D eigenvalue weighted by atomic mass is 16.5. The highest BCUT2D eigenvalue weighted by Crippen LogP contribution is 2.28. The maximum atomic E-state index is 12.1. The van der Waals surface area contributed by atoms with Crippen molar-refractivity contribution in [1.82, 2.24) is 20.6 Å². The molecule has 1 aromatic heterocycles. The summed E-state index contributed by atoms with van der Waals surface area (Å²) in [7, 11) is 0. The van der Waals surface area contributed by atoms with E-state index in [1.165, 1.54) is 18.6 Å². The van der Waals surface area contributed by atoms with E-state index in [4.69, 9.17) is 4.74 Å². The fourth-order valence-corrected chi connectivity index (χ4v) is 3.33. The number of ether oxygens (including phenoxy) is 1. The number of hydrogen-bond acceptors (Lipinski definition) is 6. The van der Waals surface area contributed by atoms with E-state index in [2.05, 4.69) is 20.6 Å². The van der Waals surface area contributed by atoms with E-state index in [0.29, 0.717) is 13.0 Å². The fraction of sp³-hybridized carbons (Fsp3) is 0.667. The molecule has 142 valence electrons. The van der Waals surface area contributed by atoms with Crippen LogP contribution in [0.5, 0.6) is 0 Å². The summed E-state index contributed by atoms with van der Waals surface area (Å²) in [6.45, 7) is 0.329. The first kappa shape index (κ1) is 18.7. The lowest BCUT2D eigenvalue weighted by Crippen LogP contribution is -2.53. The molecule has 1 saturated carbocycles. The Morgan fingerprint density at radius 1 is 1.23 bits per heavy atom. The molecule has 8 heteroatoms. The fourth-order valence-electron chi connectivity index (χ4n) is 3.33. The van der Waals surface area contributed by atoms with Crippen LogP contribution in [0.1, 0.15) is 49.0 Å². The Bertz CT molecular complexity index is 608. The molecule has 26 heavy (non-hydrogen) atoms. The number of amides is 2. The van der Waals surface area contributed by atoms with E-state index in [9.17, 15) is 14.7 Å². The average molecular weight is 362 g/mol. The smallest absolute Gasteiger partial charge is 0.271 e. The van der Waals surface area contributed by atoms with Crippen molar-refractivity contribution in [2.24, 2.45) is 5.92 Å². The summed E-state index contributed by atoms with van der Waals surface area (Å²) in [5.41, 5.74) is 0.282. The molecule has 0 aromatic carbocycles. The number of nitrogens with one attached hydrogen (secondary N) is 2. The highest BCUT2D eigenvalue weighted by molar-refractivity contribution is 5.91. The SMILES string of the molecule is O=C(NCC[C@@H]1CC[C@@H](NC(=O)C2CCC2)[C@H](CO)O1)c1cnccn1. The molecule has 1 aliphatic heterocycles. The molecular weight excluding hydrogens is 336 g/mol. The first-order chi connectivity index (χ1) is 12.7. The summed E-state index contributed by atoms with van der Waals surface area (Å²) in [6, 6.07) is -0.140. The van der Waals surface area contributed by atoms with Crippen LogP contribution in [0.15, 0.2) is 18.6 Å². The van der Waals surface area contributed by atoms with Crippen molar-refractivity contribution >= 4 is 11.8 Å². The Morgan fingerprint density at radius 2 is 2.08 bits per heavy atom. The Hall–Kier alpha value is -2.06. The van der Waals surface area contributed by atoms with Crippen molar-refractivity contribution in [2.75, 3.05) is 13.2 Å². The number of aromatic nitrogens is 2.